The van der Waals surface area contributed by atoms with Gasteiger partial charge in [-0.2, -0.15) is 0 Å². The monoisotopic (exact) mass is 325 g/mol. The van der Waals surface area contributed by atoms with Crippen LogP contribution < -0.4 is 10.1 Å². The third-order valence-electron chi connectivity index (χ3n) is 4.61. The first-order chi connectivity index (χ1) is 11.6. The fourth-order valence-electron chi connectivity index (χ4n) is 3.23. The molecule has 126 valence electrons. The first-order valence-electron chi connectivity index (χ1n) is 8.27. The maximum Gasteiger partial charge on any atom is 0.224 e. The molecule has 0 aromatic heterocycles. The van der Waals surface area contributed by atoms with Gasteiger partial charge in [0.25, 0.3) is 0 Å². The smallest absolute Gasteiger partial charge is 0.224 e. The van der Waals surface area contributed by atoms with Crippen LogP contribution in [0.1, 0.15) is 23.1 Å². The SMILES string of the molecule is COc1cccc(CC(=O)NCC2(O)CCc3ccccc3C2)c1. The van der Waals surface area contributed by atoms with Gasteiger partial charge in [-0.25, -0.2) is 0 Å². The average molecular weight is 325 g/mol. The van der Waals surface area contributed by atoms with Crippen LogP contribution in [0.25, 0.3) is 0 Å². The quantitative estimate of drug-likeness (QED) is 0.887. The van der Waals surface area contributed by atoms with Crippen molar-refractivity contribution in [2.24, 2.45) is 0 Å². The fourth-order valence-corrected chi connectivity index (χ4v) is 3.23. The topological polar surface area (TPSA) is 58.6 Å². The largest absolute Gasteiger partial charge is 0.497 e. The number of carbonyl (C=O) groups is 1. The fraction of sp³-hybridized carbons (Fsp3) is 0.350. The van der Waals surface area contributed by atoms with Gasteiger partial charge in [0.1, 0.15) is 5.75 Å². The number of rotatable bonds is 5. The van der Waals surface area contributed by atoms with Crippen LogP contribution in [0.15, 0.2) is 48.5 Å². The van der Waals surface area contributed by atoms with Crippen molar-refractivity contribution in [3.05, 3.63) is 65.2 Å². The third-order valence-corrected chi connectivity index (χ3v) is 4.61. The Labute approximate surface area is 142 Å². The zero-order valence-electron chi connectivity index (χ0n) is 13.9. The van der Waals surface area contributed by atoms with Crippen LogP contribution in [-0.4, -0.2) is 30.3 Å². The molecule has 0 bridgehead atoms. The highest BCUT2D eigenvalue weighted by atomic mass is 16.5. The second kappa shape index (κ2) is 7.05. The Morgan fingerprint density at radius 3 is 2.79 bits per heavy atom. The number of hydrogen-bond donors (Lipinski definition) is 2. The molecule has 2 N–H and O–H groups in total. The van der Waals surface area contributed by atoms with Crippen molar-refractivity contribution in [2.75, 3.05) is 13.7 Å². The lowest BCUT2D eigenvalue weighted by molar-refractivity contribution is -0.121. The second-order valence-electron chi connectivity index (χ2n) is 6.47. The van der Waals surface area contributed by atoms with Crippen molar-refractivity contribution >= 4 is 5.91 Å². The summed E-state index contributed by atoms with van der Waals surface area (Å²) in [4.78, 5) is 12.2. The average Bonchev–Trinajstić information content (AvgIpc) is 2.60. The van der Waals surface area contributed by atoms with E-state index in [-0.39, 0.29) is 18.9 Å². The maximum absolute atomic E-state index is 12.2. The molecule has 4 nitrogen and oxygen atoms in total. The molecule has 1 aliphatic carbocycles. The number of nitrogens with one attached hydrogen (secondary N) is 1. The Bertz CT molecular complexity index is 728. The minimum Gasteiger partial charge on any atom is -0.497 e. The second-order valence-corrected chi connectivity index (χ2v) is 6.47. The lowest BCUT2D eigenvalue weighted by Crippen LogP contribution is -2.47. The molecule has 0 saturated carbocycles. The van der Waals surface area contributed by atoms with Gasteiger partial charge in [-0.1, -0.05) is 36.4 Å². The first-order valence-corrected chi connectivity index (χ1v) is 8.27. The minimum atomic E-state index is -0.863. The van der Waals surface area contributed by atoms with E-state index in [1.54, 1.807) is 7.11 Å². The number of methoxy groups -OCH3 is 1. The molecular weight excluding hydrogens is 302 g/mol. The molecule has 2 aromatic rings. The molecule has 4 heteroatoms. The van der Waals surface area contributed by atoms with Gasteiger partial charge in [-0.15, -0.1) is 0 Å². The Kier molecular flexibility index (Phi) is 4.86. The summed E-state index contributed by atoms with van der Waals surface area (Å²) in [6, 6.07) is 15.6. The van der Waals surface area contributed by atoms with Gasteiger partial charge in [0.15, 0.2) is 0 Å². The molecule has 2 aromatic carbocycles. The van der Waals surface area contributed by atoms with Crippen LogP contribution in [0, 0.1) is 0 Å². The van der Waals surface area contributed by atoms with E-state index in [9.17, 15) is 9.90 Å². The van der Waals surface area contributed by atoms with E-state index in [1.165, 1.54) is 11.1 Å². The van der Waals surface area contributed by atoms with Crippen LogP contribution >= 0.6 is 0 Å². The number of fused-ring (bicyclic) bond motifs is 1. The van der Waals surface area contributed by atoms with Crippen LogP contribution in [0.4, 0.5) is 0 Å². The molecule has 1 amide bonds. The number of hydrogen-bond acceptors (Lipinski definition) is 3. The van der Waals surface area contributed by atoms with Crippen LogP contribution in [0.3, 0.4) is 0 Å². The van der Waals surface area contributed by atoms with Crippen molar-refractivity contribution in [1.29, 1.82) is 0 Å². The van der Waals surface area contributed by atoms with Crippen molar-refractivity contribution < 1.29 is 14.6 Å². The maximum atomic E-state index is 12.2. The zero-order valence-corrected chi connectivity index (χ0v) is 13.9. The standard InChI is InChI=1S/C20H23NO3/c1-24-18-8-4-5-15(11-18)12-19(22)21-14-20(23)10-9-16-6-2-3-7-17(16)13-20/h2-8,11,23H,9-10,12-14H2,1H3,(H,21,22). The van der Waals surface area contributed by atoms with E-state index in [1.807, 2.05) is 36.4 Å². The summed E-state index contributed by atoms with van der Waals surface area (Å²) in [5.41, 5.74) is 2.50. The van der Waals surface area contributed by atoms with Crippen LogP contribution in [0.5, 0.6) is 5.75 Å². The number of ether oxygens (including phenoxy) is 1. The first kappa shape index (κ1) is 16.5. The summed E-state index contributed by atoms with van der Waals surface area (Å²) in [6.07, 6.45) is 2.38. The Balaban J connectivity index is 1.56. The Hall–Kier alpha value is -2.33. The summed E-state index contributed by atoms with van der Waals surface area (Å²) in [7, 11) is 1.61. The highest BCUT2D eigenvalue weighted by Crippen LogP contribution is 2.28. The third kappa shape index (κ3) is 3.95. The van der Waals surface area contributed by atoms with E-state index in [2.05, 4.69) is 17.4 Å². The molecule has 3 rings (SSSR count). The number of amides is 1. The van der Waals surface area contributed by atoms with Gasteiger partial charge in [0.05, 0.1) is 19.1 Å². The molecule has 24 heavy (non-hydrogen) atoms. The molecule has 0 saturated heterocycles. The summed E-state index contributed by atoms with van der Waals surface area (Å²) >= 11 is 0. The molecule has 0 aliphatic heterocycles. The predicted octanol–water partition coefficient (Wildman–Crippen LogP) is 2.27. The lowest BCUT2D eigenvalue weighted by Gasteiger charge is -2.33. The predicted molar refractivity (Wildman–Crippen MR) is 93.1 cm³/mol. The summed E-state index contributed by atoms with van der Waals surface area (Å²) in [5.74, 6) is 0.651. The molecule has 0 fully saturated rings. The minimum absolute atomic E-state index is 0.0875. The Morgan fingerprint density at radius 2 is 2.00 bits per heavy atom. The lowest BCUT2D eigenvalue weighted by atomic mass is 9.80. The van der Waals surface area contributed by atoms with Crippen molar-refractivity contribution in [2.45, 2.75) is 31.3 Å². The van der Waals surface area contributed by atoms with Crippen LogP contribution in [-0.2, 0) is 24.1 Å². The van der Waals surface area contributed by atoms with E-state index < -0.39 is 5.60 Å². The van der Waals surface area contributed by atoms with E-state index in [0.29, 0.717) is 12.8 Å². The highest BCUT2D eigenvalue weighted by Gasteiger charge is 2.32. The van der Waals surface area contributed by atoms with E-state index in [0.717, 1.165) is 17.7 Å². The summed E-state index contributed by atoms with van der Waals surface area (Å²) < 4.78 is 5.17. The zero-order chi connectivity index (χ0) is 17.0. The molecule has 0 radical (unpaired) electrons. The van der Waals surface area contributed by atoms with Gasteiger partial charge < -0.3 is 15.2 Å². The summed E-state index contributed by atoms with van der Waals surface area (Å²) in [5, 5.41) is 13.7. The Morgan fingerprint density at radius 1 is 1.21 bits per heavy atom. The van der Waals surface area contributed by atoms with Crippen molar-refractivity contribution in [1.82, 2.24) is 5.32 Å². The molecule has 0 spiro atoms. The summed E-state index contributed by atoms with van der Waals surface area (Å²) in [6.45, 7) is 0.282. The normalized spacial score (nSPS) is 19.4. The highest BCUT2D eigenvalue weighted by molar-refractivity contribution is 5.78. The number of carbonyl (C=O) groups excluding carboxylic acids is 1. The van der Waals surface area contributed by atoms with Crippen molar-refractivity contribution in [3.63, 3.8) is 0 Å². The van der Waals surface area contributed by atoms with Gasteiger partial charge in [-0.05, 0) is 41.7 Å². The van der Waals surface area contributed by atoms with Crippen LogP contribution in [0.2, 0.25) is 0 Å². The van der Waals surface area contributed by atoms with Crippen molar-refractivity contribution in [3.8, 4) is 5.75 Å². The van der Waals surface area contributed by atoms with Gasteiger partial charge in [-0.3, -0.25) is 4.79 Å². The van der Waals surface area contributed by atoms with Gasteiger partial charge in [0.2, 0.25) is 5.91 Å². The number of aryl methyl sites for hydroxylation is 1. The molecular formula is C20H23NO3. The van der Waals surface area contributed by atoms with E-state index >= 15 is 0 Å². The molecule has 1 unspecified atom stereocenters. The molecule has 0 heterocycles. The van der Waals surface area contributed by atoms with Gasteiger partial charge >= 0.3 is 0 Å². The molecule has 1 atom stereocenters. The number of benzene rings is 2. The van der Waals surface area contributed by atoms with E-state index in [4.69, 9.17) is 4.74 Å². The molecule has 1 aliphatic rings. The number of aliphatic hydroxyl groups is 1. The van der Waals surface area contributed by atoms with Gasteiger partial charge in [0, 0.05) is 13.0 Å².